The highest BCUT2D eigenvalue weighted by Gasteiger charge is 2.09. The number of hydrogen-bond donors (Lipinski definition) is 2. The number of nitrogens with one attached hydrogen (secondary N) is 1. The highest BCUT2D eigenvalue weighted by molar-refractivity contribution is 5.67. The molecule has 0 aromatic heterocycles. The molecule has 0 heterocycles. The number of nitrogen functional groups attached to an aromatic ring is 1. The van der Waals surface area contributed by atoms with Crippen LogP contribution in [0.15, 0.2) is 48.2 Å². The van der Waals surface area contributed by atoms with Crippen molar-refractivity contribution in [1.82, 2.24) is 5.32 Å². The lowest BCUT2D eigenvalue weighted by Gasteiger charge is -2.09. The smallest absolute Gasteiger partial charge is 0.127 e. The van der Waals surface area contributed by atoms with E-state index in [-0.39, 0.29) is 5.92 Å². The number of para-hydroxylation sites is 1. The minimum atomic E-state index is -0.0498. The van der Waals surface area contributed by atoms with Gasteiger partial charge in [-0.2, -0.15) is 0 Å². The molecule has 3 nitrogen and oxygen atoms in total. The molecule has 21 heavy (non-hydrogen) atoms. The molecule has 0 saturated heterocycles. The van der Waals surface area contributed by atoms with E-state index in [9.17, 15) is 4.79 Å². The number of hydrogen-bond acceptors (Lipinski definition) is 3. The van der Waals surface area contributed by atoms with Crippen LogP contribution in [0, 0.1) is 0 Å². The number of rotatable bonds is 6. The van der Waals surface area contributed by atoms with E-state index in [4.69, 9.17) is 5.73 Å². The summed E-state index contributed by atoms with van der Waals surface area (Å²) in [6.45, 7) is 12.8. The van der Waals surface area contributed by atoms with E-state index in [2.05, 4.69) is 18.8 Å². The summed E-state index contributed by atoms with van der Waals surface area (Å²) in [6, 6.07) is 7.49. The van der Waals surface area contributed by atoms with Crippen molar-refractivity contribution >= 4 is 12.0 Å². The Labute approximate surface area is 128 Å². The van der Waals surface area contributed by atoms with Crippen molar-refractivity contribution < 1.29 is 4.79 Å². The summed E-state index contributed by atoms with van der Waals surface area (Å²) < 4.78 is 0. The van der Waals surface area contributed by atoms with E-state index in [0.29, 0.717) is 5.69 Å². The second-order valence-corrected chi connectivity index (χ2v) is 4.98. The summed E-state index contributed by atoms with van der Waals surface area (Å²) in [6.07, 6.45) is 3.78. The van der Waals surface area contributed by atoms with Crippen LogP contribution in [0.25, 0.3) is 0 Å². The Morgan fingerprint density at radius 3 is 2.38 bits per heavy atom. The second-order valence-electron chi connectivity index (χ2n) is 4.98. The fourth-order valence-corrected chi connectivity index (χ4v) is 1.94. The van der Waals surface area contributed by atoms with Gasteiger partial charge in [-0.25, -0.2) is 0 Å². The third-order valence-electron chi connectivity index (χ3n) is 2.92. The second kappa shape index (κ2) is 10.7. The average Bonchev–Trinajstić information content (AvgIpc) is 2.42. The minimum Gasteiger partial charge on any atom is -0.398 e. The number of aldehydes is 1. The maximum atomic E-state index is 10.6. The molecular weight excluding hydrogens is 260 g/mol. The molecule has 0 spiro atoms. The first-order chi connectivity index (χ1) is 9.96. The van der Waals surface area contributed by atoms with Gasteiger partial charge in [-0.05, 0) is 44.9 Å². The number of carbonyl (C=O) groups excluding carboxylic acids is 1. The SMILES string of the molecule is C=C(C)/C=C(/C)NCC.CCC(C=O)c1ccccc1N. The Hall–Kier alpha value is -2.03. The number of anilines is 1. The molecule has 0 aliphatic heterocycles. The van der Waals surface area contributed by atoms with E-state index in [1.54, 1.807) is 0 Å². The molecule has 0 bridgehead atoms. The van der Waals surface area contributed by atoms with Crippen molar-refractivity contribution in [2.75, 3.05) is 12.3 Å². The van der Waals surface area contributed by atoms with Crippen LogP contribution in [-0.2, 0) is 4.79 Å². The molecule has 0 aliphatic rings. The topological polar surface area (TPSA) is 55.1 Å². The molecule has 0 amide bonds. The van der Waals surface area contributed by atoms with E-state index < -0.39 is 0 Å². The summed E-state index contributed by atoms with van der Waals surface area (Å²) >= 11 is 0. The van der Waals surface area contributed by atoms with E-state index >= 15 is 0 Å². The van der Waals surface area contributed by atoms with Crippen LogP contribution in [0.2, 0.25) is 0 Å². The fraction of sp³-hybridized carbons (Fsp3) is 0.389. The molecule has 1 rings (SSSR count). The van der Waals surface area contributed by atoms with Gasteiger partial charge in [-0.15, -0.1) is 0 Å². The number of carbonyl (C=O) groups is 1. The van der Waals surface area contributed by atoms with Crippen molar-refractivity contribution in [3.63, 3.8) is 0 Å². The molecule has 1 aromatic carbocycles. The third kappa shape index (κ3) is 7.98. The van der Waals surface area contributed by atoms with Gasteiger partial charge in [0.05, 0.1) is 0 Å². The van der Waals surface area contributed by atoms with Crippen molar-refractivity contribution in [3.8, 4) is 0 Å². The van der Waals surface area contributed by atoms with E-state index in [1.165, 1.54) is 5.70 Å². The van der Waals surface area contributed by atoms with Crippen molar-refractivity contribution in [3.05, 3.63) is 53.8 Å². The maximum Gasteiger partial charge on any atom is 0.127 e. The Morgan fingerprint density at radius 2 is 1.95 bits per heavy atom. The van der Waals surface area contributed by atoms with Crippen molar-refractivity contribution in [2.45, 2.75) is 40.0 Å². The first-order valence-corrected chi connectivity index (χ1v) is 7.33. The maximum absolute atomic E-state index is 10.6. The van der Waals surface area contributed by atoms with E-state index in [1.807, 2.05) is 51.1 Å². The first-order valence-electron chi connectivity index (χ1n) is 7.33. The lowest BCUT2D eigenvalue weighted by Crippen LogP contribution is -2.08. The van der Waals surface area contributed by atoms with E-state index in [0.717, 1.165) is 30.4 Å². The molecule has 1 atom stereocenters. The molecule has 3 heteroatoms. The van der Waals surface area contributed by atoms with Gasteiger partial charge in [0.15, 0.2) is 0 Å². The molecule has 3 N–H and O–H groups in total. The van der Waals surface area contributed by atoms with Gasteiger partial charge < -0.3 is 15.8 Å². The average molecular weight is 288 g/mol. The quantitative estimate of drug-likeness (QED) is 0.472. The Balaban J connectivity index is 0.000000400. The van der Waals surface area contributed by atoms with Gasteiger partial charge in [-0.1, -0.05) is 37.3 Å². The Kier molecular flexibility index (Phi) is 9.69. The van der Waals surface area contributed by atoms with Crippen LogP contribution >= 0.6 is 0 Å². The van der Waals surface area contributed by atoms with Crippen molar-refractivity contribution in [2.24, 2.45) is 0 Å². The summed E-state index contributed by atoms with van der Waals surface area (Å²) in [4.78, 5) is 10.6. The molecule has 0 radical (unpaired) electrons. The molecule has 0 aliphatic carbocycles. The zero-order chi connectivity index (χ0) is 16.3. The predicted molar refractivity (Wildman–Crippen MR) is 92.2 cm³/mol. The van der Waals surface area contributed by atoms with Gasteiger partial charge >= 0.3 is 0 Å². The minimum absolute atomic E-state index is 0.0498. The van der Waals surface area contributed by atoms with Gasteiger partial charge in [0.2, 0.25) is 0 Å². The largest absolute Gasteiger partial charge is 0.398 e. The molecule has 0 saturated carbocycles. The predicted octanol–water partition coefficient (Wildman–Crippen LogP) is 4.04. The zero-order valence-electron chi connectivity index (χ0n) is 13.6. The molecule has 1 unspecified atom stereocenters. The lowest BCUT2D eigenvalue weighted by molar-refractivity contribution is -0.109. The first kappa shape index (κ1) is 19.0. The Morgan fingerprint density at radius 1 is 1.33 bits per heavy atom. The standard InChI is InChI=1S/C10H13NO.C8H15N/c1-2-8(7-12)9-5-3-4-6-10(9)11;1-5-9-8(4)6-7(2)3/h3-8H,2,11H2,1H3;6,9H,2,5H2,1,3-4H3/b;8-6-. The van der Waals surface area contributed by atoms with Gasteiger partial charge in [0, 0.05) is 23.8 Å². The summed E-state index contributed by atoms with van der Waals surface area (Å²) in [5.41, 5.74) is 9.63. The molecule has 116 valence electrons. The highest BCUT2D eigenvalue weighted by atomic mass is 16.1. The number of nitrogens with two attached hydrogens (primary N) is 1. The molecule has 0 fully saturated rings. The number of benzene rings is 1. The Bertz CT molecular complexity index is 478. The summed E-state index contributed by atoms with van der Waals surface area (Å²) in [7, 11) is 0. The van der Waals surface area contributed by atoms with Crippen LogP contribution in [0.5, 0.6) is 0 Å². The van der Waals surface area contributed by atoms with Crippen LogP contribution in [-0.4, -0.2) is 12.8 Å². The van der Waals surface area contributed by atoms with Crippen LogP contribution in [0.3, 0.4) is 0 Å². The van der Waals surface area contributed by atoms with Crippen molar-refractivity contribution in [1.29, 1.82) is 0 Å². The number of allylic oxidation sites excluding steroid dienone is 3. The third-order valence-corrected chi connectivity index (χ3v) is 2.92. The van der Waals surface area contributed by atoms with Gasteiger partial charge in [0.25, 0.3) is 0 Å². The molecular formula is C18H28N2O. The van der Waals surface area contributed by atoms with Crippen LogP contribution in [0.1, 0.15) is 45.6 Å². The van der Waals surface area contributed by atoms with Gasteiger partial charge in [0.1, 0.15) is 6.29 Å². The van der Waals surface area contributed by atoms with Crippen LogP contribution < -0.4 is 11.1 Å². The lowest BCUT2D eigenvalue weighted by atomic mass is 9.97. The zero-order valence-corrected chi connectivity index (χ0v) is 13.6. The monoisotopic (exact) mass is 288 g/mol. The normalized spacial score (nSPS) is 11.9. The fourth-order valence-electron chi connectivity index (χ4n) is 1.94. The molecule has 1 aromatic rings. The highest BCUT2D eigenvalue weighted by Crippen LogP contribution is 2.22. The van der Waals surface area contributed by atoms with Crippen LogP contribution in [0.4, 0.5) is 5.69 Å². The summed E-state index contributed by atoms with van der Waals surface area (Å²) in [5.74, 6) is -0.0498. The van der Waals surface area contributed by atoms with Gasteiger partial charge in [-0.3, -0.25) is 0 Å². The summed E-state index contributed by atoms with van der Waals surface area (Å²) in [5, 5.41) is 3.18.